The highest BCUT2D eigenvalue weighted by molar-refractivity contribution is 4.86. The Bertz CT molecular complexity index is 206. The van der Waals surface area contributed by atoms with Crippen molar-refractivity contribution in [1.82, 2.24) is 4.90 Å². The van der Waals surface area contributed by atoms with Crippen molar-refractivity contribution >= 4 is 0 Å². The van der Waals surface area contributed by atoms with Gasteiger partial charge in [0, 0.05) is 13.0 Å². The smallest absolute Gasteiger partial charge is 0.00982 e. The summed E-state index contributed by atoms with van der Waals surface area (Å²) in [6.45, 7) is 10.8. The maximum Gasteiger partial charge on any atom is 0.00982 e. The van der Waals surface area contributed by atoms with Gasteiger partial charge in [0.2, 0.25) is 0 Å². The summed E-state index contributed by atoms with van der Waals surface area (Å²) in [5.41, 5.74) is 0.473. The average Bonchev–Trinajstić information content (AvgIpc) is 2.52. The Morgan fingerprint density at radius 3 is 2.64 bits per heavy atom. The summed E-state index contributed by atoms with van der Waals surface area (Å²) in [4.78, 5) is 2.56. The fourth-order valence-corrected chi connectivity index (χ4v) is 2.15. The van der Waals surface area contributed by atoms with Crippen molar-refractivity contribution in [3.63, 3.8) is 0 Å². The van der Waals surface area contributed by atoms with Gasteiger partial charge >= 0.3 is 0 Å². The second-order valence-corrected chi connectivity index (χ2v) is 5.46. The predicted octanol–water partition coefficient (Wildman–Crippen LogP) is 2.77. The van der Waals surface area contributed by atoms with Crippen LogP contribution in [0.3, 0.4) is 0 Å². The molecule has 1 rings (SSSR count). The monoisotopic (exact) mass is 193 g/mol. The van der Waals surface area contributed by atoms with Crippen LogP contribution in [0, 0.1) is 23.7 Å². The Labute approximate surface area is 88.9 Å². The molecule has 0 aromatic carbocycles. The fourth-order valence-electron chi connectivity index (χ4n) is 2.15. The lowest BCUT2D eigenvalue weighted by Gasteiger charge is -2.27. The molecule has 0 aliphatic carbocycles. The van der Waals surface area contributed by atoms with E-state index in [1.165, 1.54) is 26.1 Å². The van der Waals surface area contributed by atoms with Crippen LogP contribution < -0.4 is 0 Å². The van der Waals surface area contributed by atoms with E-state index in [2.05, 4.69) is 31.6 Å². The van der Waals surface area contributed by atoms with Crippen molar-refractivity contribution < 1.29 is 0 Å². The molecule has 1 unspecified atom stereocenters. The van der Waals surface area contributed by atoms with Crippen LogP contribution in [0.1, 0.15) is 40.0 Å². The van der Waals surface area contributed by atoms with E-state index in [0.717, 1.165) is 18.8 Å². The first-order valence-electron chi connectivity index (χ1n) is 5.70. The minimum Gasteiger partial charge on any atom is -0.303 e. The number of hydrogen-bond acceptors (Lipinski definition) is 1. The van der Waals surface area contributed by atoms with Gasteiger partial charge in [-0.25, -0.2) is 0 Å². The number of likely N-dealkylation sites (tertiary alicyclic amines) is 1. The first kappa shape index (κ1) is 11.6. The Balaban J connectivity index is 2.25. The molecular formula is C13H23N. The van der Waals surface area contributed by atoms with Crippen LogP contribution in [0.25, 0.3) is 0 Å². The summed E-state index contributed by atoms with van der Waals surface area (Å²) in [7, 11) is 0. The van der Waals surface area contributed by atoms with Gasteiger partial charge in [0.05, 0.1) is 0 Å². The van der Waals surface area contributed by atoms with Crippen LogP contribution in [0.4, 0.5) is 0 Å². The number of unbranched alkanes of at least 4 members (excludes halogenated alkanes) is 1. The molecule has 0 aromatic heterocycles. The molecule has 14 heavy (non-hydrogen) atoms. The van der Waals surface area contributed by atoms with Gasteiger partial charge < -0.3 is 4.90 Å². The molecule has 1 aliphatic rings. The summed E-state index contributed by atoms with van der Waals surface area (Å²) < 4.78 is 0. The third kappa shape index (κ3) is 3.35. The highest BCUT2D eigenvalue weighted by Crippen LogP contribution is 2.33. The Morgan fingerprint density at radius 2 is 2.14 bits per heavy atom. The van der Waals surface area contributed by atoms with Gasteiger partial charge in [-0.2, -0.15) is 0 Å². The molecule has 0 spiro atoms. The summed E-state index contributed by atoms with van der Waals surface area (Å²) >= 11 is 0. The van der Waals surface area contributed by atoms with Gasteiger partial charge in [-0.15, -0.1) is 12.3 Å². The molecular weight excluding hydrogens is 170 g/mol. The first-order valence-corrected chi connectivity index (χ1v) is 5.70. The predicted molar refractivity (Wildman–Crippen MR) is 62.1 cm³/mol. The minimum atomic E-state index is 0.473. The largest absolute Gasteiger partial charge is 0.303 e. The normalized spacial score (nSPS) is 23.7. The van der Waals surface area contributed by atoms with E-state index in [0.29, 0.717) is 5.41 Å². The van der Waals surface area contributed by atoms with E-state index in [1.807, 2.05) is 0 Å². The van der Waals surface area contributed by atoms with Crippen LogP contribution in [-0.2, 0) is 0 Å². The van der Waals surface area contributed by atoms with Crippen molar-refractivity contribution in [2.24, 2.45) is 11.3 Å². The molecule has 1 nitrogen and oxygen atoms in total. The highest BCUT2D eigenvalue weighted by Gasteiger charge is 2.31. The number of nitrogens with zero attached hydrogens (tertiary/aromatic N) is 1. The number of hydrogen-bond donors (Lipinski definition) is 0. The minimum absolute atomic E-state index is 0.473. The summed E-state index contributed by atoms with van der Waals surface area (Å²) in [6, 6.07) is 0. The second-order valence-electron chi connectivity index (χ2n) is 5.46. The van der Waals surface area contributed by atoms with Crippen molar-refractivity contribution in [3.8, 4) is 12.3 Å². The summed E-state index contributed by atoms with van der Waals surface area (Å²) in [6.07, 6.45) is 8.69. The molecule has 1 heteroatoms. The molecule has 1 fully saturated rings. The van der Waals surface area contributed by atoms with Gasteiger partial charge in [-0.1, -0.05) is 20.8 Å². The standard InChI is InChI=1S/C13H23N/c1-5-6-7-9-14-10-8-12(11-14)13(2,3)4/h1,12H,6-11H2,2-4H3. The zero-order valence-electron chi connectivity index (χ0n) is 9.84. The number of terminal acetylenes is 1. The van der Waals surface area contributed by atoms with Crippen LogP contribution >= 0.6 is 0 Å². The van der Waals surface area contributed by atoms with Gasteiger partial charge in [0.25, 0.3) is 0 Å². The molecule has 80 valence electrons. The van der Waals surface area contributed by atoms with E-state index < -0.39 is 0 Å². The third-order valence-corrected chi connectivity index (χ3v) is 3.29. The van der Waals surface area contributed by atoms with Gasteiger partial charge in [-0.05, 0) is 37.3 Å². The maximum absolute atomic E-state index is 5.24. The molecule has 0 radical (unpaired) electrons. The molecule has 1 aliphatic heterocycles. The van der Waals surface area contributed by atoms with Gasteiger partial charge in [0.1, 0.15) is 0 Å². The molecule has 0 amide bonds. The molecule has 0 N–H and O–H groups in total. The maximum atomic E-state index is 5.24. The molecule has 0 bridgehead atoms. The number of rotatable bonds is 3. The van der Waals surface area contributed by atoms with E-state index in [4.69, 9.17) is 6.42 Å². The van der Waals surface area contributed by atoms with Gasteiger partial charge in [-0.3, -0.25) is 0 Å². The molecule has 0 aromatic rings. The fraction of sp³-hybridized carbons (Fsp3) is 0.846. The van der Waals surface area contributed by atoms with E-state index in [1.54, 1.807) is 0 Å². The second kappa shape index (κ2) is 4.84. The Morgan fingerprint density at radius 1 is 1.43 bits per heavy atom. The zero-order valence-corrected chi connectivity index (χ0v) is 9.84. The topological polar surface area (TPSA) is 3.24 Å². The summed E-state index contributed by atoms with van der Waals surface area (Å²) in [5.74, 6) is 3.58. The van der Waals surface area contributed by atoms with Crippen LogP contribution in [0.2, 0.25) is 0 Å². The zero-order chi connectivity index (χ0) is 10.6. The van der Waals surface area contributed by atoms with E-state index >= 15 is 0 Å². The van der Waals surface area contributed by atoms with Crippen molar-refractivity contribution in [1.29, 1.82) is 0 Å². The average molecular weight is 193 g/mol. The molecule has 1 atom stereocenters. The first-order chi connectivity index (χ1) is 6.54. The van der Waals surface area contributed by atoms with Crippen molar-refractivity contribution in [2.45, 2.75) is 40.0 Å². The molecule has 0 saturated carbocycles. The van der Waals surface area contributed by atoms with Gasteiger partial charge in [0.15, 0.2) is 0 Å². The summed E-state index contributed by atoms with van der Waals surface area (Å²) in [5, 5.41) is 0. The lowest BCUT2D eigenvalue weighted by Crippen LogP contribution is -2.26. The van der Waals surface area contributed by atoms with Crippen molar-refractivity contribution in [3.05, 3.63) is 0 Å². The molecule has 1 saturated heterocycles. The highest BCUT2D eigenvalue weighted by atomic mass is 15.1. The van der Waals surface area contributed by atoms with Crippen LogP contribution in [0.5, 0.6) is 0 Å². The quantitative estimate of drug-likeness (QED) is 0.492. The Hall–Kier alpha value is -0.480. The van der Waals surface area contributed by atoms with Crippen LogP contribution in [0.15, 0.2) is 0 Å². The SMILES string of the molecule is C#CCCCN1CCC(C(C)(C)C)C1. The van der Waals surface area contributed by atoms with Crippen LogP contribution in [-0.4, -0.2) is 24.5 Å². The third-order valence-electron chi connectivity index (χ3n) is 3.29. The lowest BCUT2D eigenvalue weighted by atomic mass is 9.80. The lowest BCUT2D eigenvalue weighted by molar-refractivity contribution is 0.228. The van der Waals surface area contributed by atoms with Crippen molar-refractivity contribution in [2.75, 3.05) is 19.6 Å². The molecule has 1 heterocycles. The van der Waals surface area contributed by atoms with E-state index in [9.17, 15) is 0 Å². The van der Waals surface area contributed by atoms with E-state index in [-0.39, 0.29) is 0 Å². The Kier molecular flexibility index (Phi) is 4.01.